The van der Waals surface area contributed by atoms with Gasteiger partial charge >= 0.3 is 0 Å². The molecule has 0 saturated heterocycles. The molecule has 0 bridgehead atoms. The Morgan fingerprint density at radius 2 is 2.26 bits per heavy atom. The molecule has 1 unspecified atom stereocenters. The summed E-state index contributed by atoms with van der Waals surface area (Å²) in [6.07, 6.45) is 0. The predicted octanol–water partition coefficient (Wildman–Crippen LogP) is 0.725. The number of benzene rings is 1. The molecule has 2 heterocycles. The van der Waals surface area contributed by atoms with Gasteiger partial charge in [-0.25, -0.2) is 5.43 Å². The van der Waals surface area contributed by atoms with Gasteiger partial charge in [0.1, 0.15) is 0 Å². The van der Waals surface area contributed by atoms with E-state index in [9.17, 15) is 9.59 Å². The maximum Gasteiger partial charge on any atom is 0.299 e. The number of carbonyl (C=O) groups is 2. The van der Waals surface area contributed by atoms with Crippen LogP contribution in [0.25, 0.3) is 0 Å². The average Bonchev–Trinajstić information content (AvgIpc) is 2.79. The molecule has 1 aromatic rings. The van der Waals surface area contributed by atoms with Crippen molar-refractivity contribution in [2.75, 3.05) is 5.32 Å². The topological polar surface area (TPSA) is 121 Å². The van der Waals surface area contributed by atoms with Crippen LogP contribution in [-0.2, 0) is 4.79 Å². The molecular weight excluding hydrogens is 336 g/mol. The van der Waals surface area contributed by atoms with Gasteiger partial charge in [-0.3, -0.25) is 15.0 Å². The van der Waals surface area contributed by atoms with Crippen molar-refractivity contribution in [1.82, 2.24) is 10.9 Å². The number of anilines is 1. The summed E-state index contributed by atoms with van der Waals surface area (Å²) in [6.45, 7) is 1.89. The van der Waals surface area contributed by atoms with Gasteiger partial charge in [0.25, 0.3) is 11.1 Å². The molecule has 1 aromatic carbocycles. The Balaban J connectivity index is 1.99. The third-order valence-electron chi connectivity index (χ3n) is 3.25. The largest absolute Gasteiger partial charge is 0.375 e. The van der Waals surface area contributed by atoms with Crippen LogP contribution in [0.4, 0.5) is 10.5 Å². The second-order valence-corrected chi connectivity index (χ2v) is 6.56. The van der Waals surface area contributed by atoms with Crippen LogP contribution < -0.4 is 21.9 Å². The molecule has 0 fully saturated rings. The molecule has 2 amide bonds. The number of thiocarbonyl (C=S) groups is 1. The SMILES string of the molecule is CC1SC(=O)NN=C1c1ccc2c(c1)C(=NNC(N)=S)C(=O)N2. The molecular formula is C13H12N6O2S2. The van der Waals surface area contributed by atoms with Crippen LogP contribution in [0.15, 0.2) is 28.4 Å². The van der Waals surface area contributed by atoms with Crippen molar-refractivity contribution < 1.29 is 9.59 Å². The Morgan fingerprint density at radius 3 is 2.96 bits per heavy atom. The van der Waals surface area contributed by atoms with Gasteiger partial charge in [-0.15, -0.1) is 0 Å². The maximum absolute atomic E-state index is 12.0. The third-order valence-corrected chi connectivity index (χ3v) is 4.22. The molecule has 2 aliphatic heterocycles. The Morgan fingerprint density at radius 1 is 1.48 bits per heavy atom. The highest BCUT2D eigenvalue weighted by Crippen LogP contribution is 2.28. The van der Waals surface area contributed by atoms with Crippen molar-refractivity contribution in [3.8, 4) is 0 Å². The van der Waals surface area contributed by atoms with Crippen LogP contribution in [0.1, 0.15) is 18.1 Å². The highest BCUT2D eigenvalue weighted by atomic mass is 32.2. The average molecular weight is 348 g/mol. The van der Waals surface area contributed by atoms with Crippen LogP contribution in [0, 0.1) is 0 Å². The highest BCUT2D eigenvalue weighted by molar-refractivity contribution is 8.14. The van der Waals surface area contributed by atoms with Crippen LogP contribution in [-0.4, -0.2) is 32.9 Å². The zero-order chi connectivity index (χ0) is 16.6. The summed E-state index contributed by atoms with van der Waals surface area (Å²) in [5.74, 6) is -0.345. The van der Waals surface area contributed by atoms with E-state index in [2.05, 4.69) is 38.6 Å². The molecule has 0 radical (unpaired) electrons. The second kappa shape index (κ2) is 5.97. The number of nitrogens with zero attached hydrogens (tertiary/aromatic N) is 2. The van der Waals surface area contributed by atoms with E-state index in [4.69, 9.17) is 5.73 Å². The lowest BCUT2D eigenvalue weighted by Crippen LogP contribution is -2.30. The van der Waals surface area contributed by atoms with Crippen molar-refractivity contribution in [3.63, 3.8) is 0 Å². The van der Waals surface area contributed by atoms with Crippen LogP contribution >= 0.6 is 24.0 Å². The zero-order valence-corrected chi connectivity index (χ0v) is 13.5. The summed E-state index contributed by atoms with van der Waals surface area (Å²) < 4.78 is 0. The molecule has 0 saturated carbocycles. The molecule has 5 N–H and O–H groups in total. The van der Waals surface area contributed by atoms with E-state index in [1.165, 1.54) is 0 Å². The predicted molar refractivity (Wildman–Crippen MR) is 93.7 cm³/mol. The monoisotopic (exact) mass is 348 g/mol. The standard InChI is InChI=1S/C13H12N6O2S2/c1-5-9(16-19-13(21)23-5)6-2-3-8-7(4-6)10(11(20)15-8)17-18-12(14)22/h2-5H,1H3,(H,19,21)(H3,14,18,22)(H,15,17,20). The van der Waals surface area contributed by atoms with E-state index >= 15 is 0 Å². The third kappa shape index (κ3) is 3.03. The number of amides is 2. The quantitative estimate of drug-likeness (QED) is 0.462. The molecule has 0 aromatic heterocycles. The molecule has 1 atom stereocenters. The summed E-state index contributed by atoms with van der Waals surface area (Å²) >= 11 is 5.84. The first-order valence-electron chi connectivity index (χ1n) is 6.59. The molecule has 118 valence electrons. The van der Waals surface area contributed by atoms with Crippen molar-refractivity contribution in [3.05, 3.63) is 29.3 Å². The Bertz CT molecular complexity index is 789. The van der Waals surface area contributed by atoms with Crippen LogP contribution in [0.5, 0.6) is 0 Å². The van der Waals surface area contributed by atoms with Gasteiger partial charge in [0.05, 0.1) is 16.6 Å². The number of thioether (sulfide) groups is 1. The van der Waals surface area contributed by atoms with Crippen molar-refractivity contribution >= 4 is 57.3 Å². The van der Waals surface area contributed by atoms with Gasteiger partial charge in [0, 0.05) is 5.56 Å². The molecule has 0 aliphatic carbocycles. The minimum absolute atomic E-state index is 0.0284. The summed E-state index contributed by atoms with van der Waals surface area (Å²) in [6, 6.07) is 5.39. The number of rotatable bonds is 2. The molecule has 23 heavy (non-hydrogen) atoms. The fourth-order valence-electron chi connectivity index (χ4n) is 2.27. The Labute approximate surface area is 140 Å². The van der Waals surface area contributed by atoms with Crippen LogP contribution in [0.2, 0.25) is 0 Å². The molecule has 2 aliphatic rings. The summed E-state index contributed by atoms with van der Waals surface area (Å²) in [4.78, 5) is 23.3. The fourth-order valence-corrected chi connectivity index (χ4v) is 3.04. The van der Waals surface area contributed by atoms with Gasteiger partial charge in [-0.05, 0) is 36.8 Å². The molecule has 3 rings (SSSR count). The van der Waals surface area contributed by atoms with Crippen molar-refractivity contribution in [2.24, 2.45) is 15.9 Å². The first-order valence-corrected chi connectivity index (χ1v) is 7.88. The van der Waals surface area contributed by atoms with Crippen molar-refractivity contribution in [1.29, 1.82) is 0 Å². The van der Waals surface area contributed by atoms with Gasteiger partial charge in [0.15, 0.2) is 10.8 Å². The van der Waals surface area contributed by atoms with Gasteiger partial charge in [-0.1, -0.05) is 17.8 Å². The van der Waals surface area contributed by atoms with Gasteiger partial charge in [0.2, 0.25) is 0 Å². The molecule has 8 nitrogen and oxygen atoms in total. The number of nitrogens with two attached hydrogens (primary N) is 1. The van der Waals surface area contributed by atoms with Gasteiger partial charge in [-0.2, -0.15) is 10.2 Å². The first-order chi connectivity index (χ1) is 11.0. The smallest absolute Gasteiger partial charge is 0.299 e. The van der Waals surface area contributed by atoms with Crippen LogP contribution in [0.3, 0.4) is 0 Å². The number of carbonyl (C=O) groups excluding carboxylic acids is 2. The minimum Gasteiger partial charge on any atom is -0.375 e. The Kier molecular flexibility index (Phi) is 4.01. The number of fused-ring (bicyclic) bond motifs is 1. The Hall–Kier alpha value is -2.46. The van der Waals surface area contributed by atoms with E-state index in [1.54, 1.807) is 12.1 Å². The number of hydrazone groups is 2. The minimum atomic E-state index is -0.345. The van der Waals surface area contributed by atoms with Gasteiger partial charge < -0.3 is 11.1 Å². The maximum atomic E-state index is 12.0. The zero-order valence-electron chi connectivity index (χ0n) is 11.9. The lowest BCUT2D eigenvalue weighted by Gasteiger charge is -2.18. The summed E-state index contributed by atoms with van der Waals surface area (Å²) in [7, 11) is 0. The second-order valence-electron chi connectivity index (χ2n) is 4.81. The highest BCUT2D eigenvalue weighted by Gasteiger charge is 2.29. The lowest BCUT2D eigenvalue weighted by atomic mass is 10.0. The normalized spacial score (nSPS) is 21.3. The molecule has 10 heteroatoms. The summed E-state index contributed by atoms with van der Waals surface area (Å²) in [5.41, 5.74) is 13.2. The molecule has 0 spiro atoms. The number of nitrogens with one attached hydrogen (secondary N) is 3. The number of hydrogen-bond acceptors (Lipinski definition) is 6. The lowest BCUT2D eigenvalue weighted by molar-refractivity contribution is -0.110. The summed E-state index contributed by atoms with van der Waals surface area (Å²) in [5, 5.41) is 10.4. The van der Waals surface area contributed by atoms with E-state index in [1.807, 2.05) is 13.0 Å². The first kappa shape index (κ1) is 15.4. The van der Waals surface area contributed by atoms with E-state index in [-0.39, 0.29) is 27.2 Å². The van der Waals surface area contributed by atoms with E-state index in [0.29, 0.717) is 11.3 Å². The van der Waals surface area contributed by atoms with Crippen molar-refractivity contribution in [2.45, 2.75) is 12.2 Å². The number of hydrogen-bond donors (Lipinski definition) is 4. The fraction of sp³-hybridized carbons (Fsp3) is 0.154. The van der Waals surface area contributed by atoms with E-state index < -0.39 is 0 Å². The van der Waals surface area contributed by atoms with E-state index in [0.717, 1.165) is 23.0 Å².